The number of nitrogens with zero attached hydrogens (tertiary/aromatic N) is 2. The minimum atomic E-state index is 0.927. The molecule has 11 aromatic rings. The summed E-state index contributed by atoms with van der Waals surface area (Å²) in [6.45, 7) is 0. The summed E-state index contributed by atoms with van der Waals surface area (Å²) in [4.78, 5) is 12.7. The molecule has 2 aliphatic carbocycles. The molecule has 0 spiro atoms. The van der Waals surface area contributed by atoms with E-state index in [4.69, 9.17) is 9.97 Å². The molecule has 0 radical (unpaired) electrons. The Morgan fingerprint density at radius 1 is 0.400 bits per heavy atom. The first-order valence-corrected chi connectivity index (χ1v) is 23.6. The van der Waals surface area contributed by atoms with Crippen LogP contribution in [0, 0.1) is 0 Å². The zero-order chi connectivity index (χ0) is 42.8. The Balaban J connectivity index is 1.06. The van der Waals surface area contributed by atoms with Crippen LogP contribution in [0.4, 0.5) is 0 Å². The number of hydrogen-bond acceptors (Lipinski definition) is 3. The maximum absolute atomic E-state index is 5.34. The topological polar surface area (TPSA) is 25.8 Å². The second-order valence-electron chi connectivity index (χ2n) is 17.4. The lowest BCUT2D eigenvalue weighted by atomic mass is 9.82. The van der Waals surface area contributed by atoms with Crippen LogP contribution in [-0.4, -0.2) is 9.97 Å². The SMILES string of the molecule is C1=C(C2=c3ccccc3=C(c3ccc4ccc5cccnc5c4n3)CC2)CCC=C1c1sc(-c2cccc3ccccc23)c(-c2cccc3ccccc23)c1-c1cccc2ccccc12. The molecular formula is C62H42N2S. The van der Waals surface area contributed by atoms with Gasteiger partial charge >= 0.3 is 0 Å². The number of rotatable bonds is 6. The van der Waals surface area contributed by atoms with Crippen LogP contribution in [0.3, 0.4) is 0 Å². The largest absolute Gasteiger partial charge is 0.254 e. The number of thiophene rings is 1. The standard InChI is InChI=1S/C62H42N2S/c1-4-23-46-39(14-1)17-10-28-53(46)57-58(54-29-11-18-40-15-2-5-24-47(40)54)62(55-30-12-19-41-16-3-6-25-48(41)55)65-61(57)45-21-9-20-44(38-45)49-34-35-52(51-27-8-7-26-50(49)51)56-36-33-43-32-31-42-22-13-37-63-59(42)60(43)64-56/h1-8,10-19,21-33,36-38H,9,20,34-35H2. The second-order valence-corrected chi connectivity index (χ2v) is 18.4. The average Bonchev–Trinajstić information content (AvgIpc) is 3.77. The van der Waals surface area contributed by atoms with E-state index in [1.807, 2.05) is 23.6 Å². The van der Waals surface area contributed by atoms with Crippen molar-refractivity contribution < 1.29 is 0 Å². The summed E-state index contributed by atoms with van der Waals surface area (Å²) < 4.78 is 0. The number of fused-ring (bicyclic) bond motifs is 7. The average molecular weight is 847 g/mol. The first-order valence-electron chi connectivity index (χ1n) is 22.7. The van der Waals surface area contributed by atoms with E-state index < -0.39 is 0 Å². The van der Waals surface area contributed by atoms with Crippen molar-refractivity contribution in [1.82, 2.24) is 9.97 Å². The molecule has 0 unspecified atom stereocenters. The predicted octanol–water partition coefficient (Wildman–Crippen LogP) is 15.3. The van der Waals surface area contributed by atoms with Gasteiger partial charge in [0.05, 0.1) is 16.7 Å². The molecule has 0 N–H and O–H groups in total. The molecule has 0 saturated heterocycles. The molecular weight excluding hydrogens is 805 g/mol. The summed E-state index contributed by atoms with van der Waals surface area (Å²) in [6.07, 6.45) is 10.8. The monoisotopic (exact) mass is 846 g/mol. The highest BCUT2D eigenvalue weighted by molar-refractivity contribution is 7.18. The molecule has 0 amide bonds. The molecule has 3 heteroatoms. The van der Waals surface area contributed by atoms with Crippen LogP contribution in [-0.2, 0) is 0 Å². The molecule has 0 aliphatic heterocycles. The van der Waals surface area contributed by atoms with Crippen LogP contribution in [0.1, 0.15) is 36.3 Å². The van der Waals surface area contributed by atoms with E-state index in [2.05, 4.69) is 194 Å². The fourth-order valence-electron chi connectivity index (χ4n) is 10.8. The van der Waals surface area contributed by atoms with E-state index in [0.717, 1.165) is 53.2 Å². The van der Waals surface area contributed by atoms with Crippen LogP contribution < -0.4 is 10.4 Å². The third-order valence-corrected chi connectivity index (χ3v) is 15.0. The van der Waals surface area contributed by atoms with Crippen molar-refractivity contribution in [3.63, 3.8) is 0 Å². The molecule has 8 aromatic carbocycles. The van der Waals surface area contributed by atoms with Gasteiger partial charge in [0.1, 0.15) is 0 Å². The van der Waals surface area contributed by atoms with Crippen LogP contribution in [0.15, 0.2) is 212 Å². The number of allylic oxidation sites excluding steroid dienone is 4. The second kappa shape index (κ2) is 15.5. The molecule has 65 heavy (non-hydrogen) atoms. The van der Waals surface area contributed by atoms with Gasteiger partial charge in [0.15, 0.2) is 0 Å². The third-order valence-electron chi connectivity index (χ3n) is 13.8. The quantitative estimate of drug-likeness (QED) is 0.156. The Hall–Kier alpha value is -7.72. The van der Waals surface area contributed by atoms with E-state index >= 15 is 0 Å². The van der Waals surface area contributed by atoms with Gasteiger partial charge in [-0.2, -0.15) is 0 Å². The van der Waals surface area contributed by atoms with E-state index in [9.17, 15) is 0 Å². The van der Waals surface area contributed by atoms with Crippen LogP contribution in [0.5, 0.6) is 0 Å². The molecule has 13 rings (SSSR count). The Labute approximate surface area is 381 Å². The molecule has 2 aliphatic rings. The van der Waals surface area contributed by atoms with Crippen molar-refractivity contribution in [2.24, 2.45) is 0 Å². The van der Waals surface area contributed by atoms with Gasteiger partial charge in [-0.3, -0.25) is 4.98 Å². The summed E-state index contributed by atoms with van der Waals surface area (Å²) in [5.74, 6) is 0. The maximum atomic E-state index is 5.34. The first kappa shape index (κ1) is 37.8. The lowest BCUT2D eigenvalue weighted by Crippen LogP contribution is -2.33. The predicted molar refractivity (Wildman–Crippen MR) is 276 cm³/mol. The molecule has 0 fully saturated rings. The molecule has 0 saturated carbocycles. The summed E-state index contributed by atoms with van der Waals surface area (Å²) >= 11 is 1.96. The van der Waals surface area contributed by atoms with Gasteiger partial charge in [0.2, 0.25) is 0 Å². The number of hydrogen-bond donors (Lipinski definition) is 0. The number of pyridine rings is 2. The van der Waals surface area contributed by atoms with E-state index in [1.165, 1.54) is 103 Å². The first-order chi connectivity index (χ1) is 32.2. The lowest BCUT2D eigenvalue weighted by molar-refractivity contribution is 0.952. The van der Waals surface area contributed by atoms with Gasteiger partial charge in [0.25, 0.3) is 0 Å². The molecule has 0 atom stereocenters. The van der Waals surface area contributed by atoms with Crippen LogP contribution >= 0.6 is 11.3 Å². The summed E-state index contributed by atoms with van der Waals surface area (Å²) in [6, 6.07) is 69.0. The van der Waals surface area contributed by atoms with E-state index in [1.54, 1.807) is 0 Å². The summed E-state index contributed by atoms with van der Waals surface area (Å²) in [5, 5.41) is 12.4. The molecule has 3 aromatic heterocycles. The minimum Gasteiger partial charge on any atom is -0.254 e. The van der Waals surface area contributed by atoms with Gasteiger partial charge < -0.3 is 0 Å². The third kappa shape index (κ3) is 6.30. The smallest absolute Gasteiger partial charge is 0.0971 e. The van der Waals surface area contributed by atoms with Crippen molar-refractivity contribution >= 4 is 82.2 Å². The molecule has 0 bridgehead atoms. The fraction of sp³-hybridized carbons (Fsp3) is 0.0645. The lowest BCUT2D eigenvalue weighted by Gasteiger charge is -2.22. The molecule has 306 valence electrons. The highest BCUT2D eigenvalue weighted by Crippen LogP contribution is 2.54. The van der Waals surface area contributed by atoms with Crippen molar-refractivity contribution in [3.8, 4) is 32.7 Å². The number of aromatic nitrogens is 2. The van der Waals surface area contributed by atoms with Gasteiger partial charge in [-0.1, -0.05) is 188 Å². The molecule has 3 heterocycles. The maximum Gasteiger partial charge on any atom is 0.0971 e. The highest BCUT2D eigenvalue weighted by atomic mass is 32.1. The minimum absolute atomic E-state index is 0.927. The number of benzene rings is 8. The summed E-state index contributed by atoms with van der Waals surface area (Å²) in [7, 11) is 0. The molecule has 2 nitrogen and oxygen atoms in total. The van der Waals surface area contributed by atoms with Crippen molar-refractivity contribution in [2.75, 3.05) is 0 Å². The van der Waals surface area contributed by atoms with E-state index in [-0.39, 0.29) is 0 Å². The van der Waals surface area contributed by atoms with Crippen LogP contribution in [0.25, 0.3) is 104 Å². The Morgan fingerprint density at radius 2 is 0.923 bits per heavy atom. The normalized spacial score (nSPS) is 14.0. The van der Waals surface area contributed by atoms with Crippen molar-refractivity contribution in [2.45, 2.75) is 25.7 Å². The highest BCUT2D eigenvalue weighted by Gasteiger charge is 2.28. The zero-order valence-electron chi connectivity index (χ0n) is 35.8. The Bertz CT molecular complexity index is 3940. The zero-order valence-corrected chi connectivity index (χ0v) is 36.6. The van der Waals surface area contributed by atoms with Gasteiger partial charge in [-0.25, -0.2) is 4.98 Å². The van der Waals surface area contributed by atoms with Crippen molar-refractivity contribution in [3.05, 3.63) is 233 Å². The summed E-state index contributed by atoms with van der Waals surface area (Å²) in [5.41, 5.74) is 14.9. The van der Waals surface area contributed by atoms with Gasteiger partial charge in [-0.05, 0) is 114 Å². The Morgan fingerprint density at radius 3 is 1.62 bits per heavy atom. The fourth-order valence-corrected chi connectivity index (χ4v) is 12.1. The Kier molecular flexibility index (Phi) is 9.02. The van der Waals surface area contributed by atoms with E-state index in [0.29, 0.717) is 0 Å². The van der Waals surface area contributed by atoms with Crippen LogP contribution in [0.2, 0.25) is 0 Å². The van der Waals surface area contributed by atoms with Crippen molar-refractivity contribution in [1.29, 1.82) is 0 Å². The van der Waals surface area contributed by atoms with Gasteiger partial charge in [-0.15, -0.1) is 11.3 Å². The van der Waals surface area contributed by atoms with Gasteiger partial charge in [0, 0.05) is 43.4 Å².